The number of nitrogens with one attached hydrogen (secondary N) is 1. The number of nitrogens with zero attached hydrogens (tertiary/aromatic N) is 3. The van der Waals surface area contributed by atoms with Crippen molar-refractivity contribution < 1.29 is 9.90 Å². The molecule has 0 radical (unpaired) electrons. The van der Waals surface area contributed by atoms with E-state index in [-0.39, 0.29) is 11.9 Å². The van der Waals surface area contributed by atoms with Crippen LogP contribution in [-0.4, -0.2) is 37.7 Å². The van der Waals surface area contributed by atoms with Crippen LogP contribution in [0.15, 0.2) is 43.2 Å². The van der Waals surface area contributed by atoms with E-state index in [1.807, 2.05) is 22.9 Å². The fourth-order valence-corrected chi connectivity index (χ4v) is 3.84. The molecule has 1 amide bonds. The third-order valence-corrected chi connectivity index (χ3v) is 5.37. The molecule has 0 spiro atoms. The van der Waals surface area contributed by atoms with Gasteiger partial charge in [0.25, 0.3) is 0 Å². The van der Waals surface area contributed by atoms with Crippen molar-refractivity contribution in [2.24, 2.45) is 5.92 Å². The maximum atomic E-state index is 12.8. The van der Waals surface area contributed by atoms with E-state index >= 15 is 0 Å². The van der Waals surface area contributed by atoms with Gasteiger partial charge in [-0.3, -0.25) is 9.78 Å². The highest BCUT2D eigenvalue weighted by Gasteiger charge is 2.52. The monoisotopic (exact) mass is 326 g/mol. The van der Waals surface area contributed by atoms with Crippen LogP contribution in [0, 0.1) is 5.92 Å². The molecule has 126 valence electrons. The second kappa shape index (κ2) is 6.02. The summed E-state index contributed by atoms with van der Waals surface area (Å²) in [6.07, 6.45) is 11.7. The van der Waals surface area contributed by atoms with Gasteiger partial charge >= 0.3 is 0 Å². The lowest BCUT2D eigenvalue weighted by atomic mass is 9.96. The number of aliphatic hydroxyl groups excluding tert-OH is 1. The Bertz CT molecular complexity index is 697. The minimum absolute atomic E-state index is 0.0304. The summed E-state index contributed by atoms with van der Waals surface area (Å²) >= 11 is 0. The molecule has 0 aliphatic heterocycles. The van der Waals surface area contributed by atoms with Crippen molar-refractivity contribution in [3.05, 3.63) is 48.8 Å². The zero-order valence-corrected chi connectivity index (χ0v) is 13.5. The van der Waals surface area contributed by atoms with Crippen molar-refractivity contribution in [2.45, 2.75) is 49.8 Å². The van der Waals surface area contributed by atoms with Gasteiger partial charge in [-0.15, -0.1) is 0 Å². The van der Waals surface area contributed by atoms with E-state index in [0.29, 0.717) is 12.3 Å². The average molecular weight is 326 g/mol. The van der Waals surface area contributed by atoms with Gasteiger partial charge in [0, 0.05) is 31.3 Å². The Balaban J connectivity index is 1.39. The molecule has 6 heteroatoms. The smallest absolute Gasteiger partial charge is 0.231 e. The Hall–Kier alpha value is -2.21. The molecule has 2 heterocycles. The van der Waals surface area contributed by atoms with Crippen LogP contribution in [0.2, 0.25) is 0 Å². The molecule has 3 atom stereocenters. The largest absolute Gasteiger partial charge is 0.391 e. The van der Waals surface area contributed by atoms with Gasteiger partial charge < -0.3 is 15.0 Å². The molecule has 6 nitrogen and oxygen atoms in total. The Morgan fingerprint density at radius 2 is 2.21 bits per heavy atom. The summed E-state index contributed by atoms with van der Waals surface area (Å²) in [5.74, 6) is 0.385. The van der Waals surface area contributed by atoms with E-state index < -0.39 is 11.5 Å². The van der Waals surface area contributed by atoms with Gasteiger partial charge in [-0.1, -0.05) is 6.07 Å². The highest BCUT2D eigenvalue weighted by Crippen LogP contribution is 2.48. The maximum absolute atomic E-state index is 12.8. The van der Waals surface area contributed by atoms with E-state index in [0.717, 1.165) is 31.4 Å². The van der Waals surface area contributed by atoms with E-state index in [9.17, 15) is 9.90 Å². The average Bonchev–Trinajstić information content (AvgIpc) is 3.13. The van der Waals surface area contributed by atoms with Crippen LogP contribution in [0.1, 0.15) is 31.2 Å². The number of pyridine rings is 1. The molecule has 2 aliphatic carbocycles. The summed E-state index contributed by atoms with van der Waals surface area (Å²) in [6, 6.07) is 3.67. The van der Waals surface area contributed by atoms with E-state index in [4.69, 9.17) is 0 Å². The third-order valence-electron chi connectivity index (χ3n) is 5.37. The summed E-state index contributed by atoms with van der Waals surface area (Å²) in [6.45, 7) is 0.831. The van der Waals surface area contributed by atoms with Crippen LogP contribution in [-0.2, 0) is 16.8 Å². The van der Waals surface area contributed by atoms with Crippen LogP contribution in [0.4, 0.5) is 0 Å². The van der Waals surface area contributed by atoms with Crippen molar-refractivity contribution in [3.8, 4) is 0 Å². The van der Waals surface area contributed by atoms with E-state index in [1.165, 1.54) is 0 Å². The quantitative estimate of drug-likeness (QED) is 0.867. The number of aromatic nitrogens is 3. The van der Waals surface area contributed by atoms with Gasteiger partial charge in [0.15, 0.2) is 0 Å². The number of hydrogen-bond acceptors (Lipinski definition) is 4. The van der Waals surface area contributed by atoms with Gasteiger partial charge in [-0.25, -0.2) is 4.98 Å². The SMILES string of the molecule is O=C(N[C@@H]1CC(Cn2ccnc2)C[C@H]1O)C1(c2cccnc2)CC1. The van der Waals surface area contributed by atoms with Gasteiger partial charge in [0.1, 0.15) is 0 Å². The minimum atomic E-state index is -0.479. The number of imidazole rings is 1. The Labute approximate surface area is 140 Å². The molecular weight excluding hydrogens is 304 g/mol. The number of aliphatic hydroxyl groups is 1. The first-order valence-corrected chi connectivity index (χ1v) is 8.53. The molecule has 0 bridgehead atoms. The summed E-state index contributed by atoms with van der Waals surface area (Å²) in [7, 11) is 0. The lowest BCUT2D eigenvalue weighted by Gasteiger charge is -2.21. The van der Waals surface area contributed by atoms with Crippen molar-refractivity contribution in [1.29, 1.82) is 0 Å². The van der Waals surface area contributed by atoms with E-state index in [2.05, 4.69) is 15.3 Å². The van der Waals surface area contributed by atoms with Crippen molar-refractivity contribution in [2.75, 3.05) is 0 Å². The molecule has 24 heavy (non-hydrogen) atoms. The lowest BCUT2D eigenvalue weighted by molar-refractivity contribution is -0.125. The number of rotatable bonds is 5. The summed E-state index contributed by atoms with van der Waals surface area (Å²) in [5, 5.41) is 13.4. The van der Waals surface area contributed by atoms with Crippen molar-refractivity contribution in [1.82, 2.24) is 19.9 Å². The van der Waals surface area contributed by atoms with Crippen LogP contribution in [0.25, 0.3) is 0 Å². The molecule has 2 N–H and O–H groups in total. The first-order chi connectivity index (χ1) is 11.7. The van der Waals surface area contributed by atoms with Crippen LogP contribution < -0.4 is 5.32 Å². The number of carbonyl (C=O) groups is 1. The number of carbonyl (C=O) groups excluding carboxylic acids is 1. The fourth-order valence-electron chi connectivity index (χ4n) is 3.84. The Morgan fingerprint density at radius 3 is 2.88 bits per heavy atom. The summed E-state index contributed by atoms with van der Waals surface area (Å²) < 4.78 is 2.03. The molecule has 4 rings (SSSR count). The molecule has 2 saturated carbocycles. The number of hydrogen-bond donors (Lipinski definition) is 2. The number of amides is 1. The maximum Gasteiger partial charge on any atom is 0.231 e. The van der Waals surface area contributed by atoms with Crippen molar-refractivity contribution >= 4 is 5.91 Å². The van der Waals surface area contributed by atoms with Crippen LogP contribution in [0.5, 0.6) is 0 Å². The first kappa shape index (κ1) is 15.3. The Kier molecular flexibility index (Phi) is 3.84. The van der Waals surface area contributed by atoms with Crippen LogP contribution >= 0.6 is 0 Å². The van der Waals surface area contributed by atoms with Gasteiger partial charge in [-0.2, -0.15) is 0 Å². The summed E-state index contributed by atoms with van der Waals surface area (Å²) in [5.41, 5.74) is 0.543. The zero-order valence-electron chi connectivity index (χ0n) is 13.5. The normalized spacial score (nSPS) is 27.8. The second-order valence-corrected chi connectivity index (χ2v) is 7.07. The van der Waals surface area contributed by atoms with Gasteiger partial charge in [0.05, 0.1) is 23.9 Å². The minimum Gasteiger partial charge on any atom is -0.391 e. The molecule has 2 aromatic rings. The highest BCUT2D eigenvalue weighted by atomic mass is 16.3. The van der Waals surface area contributed by atoms with E-state index in [1.54, 1.807) is 24.9 Å². The molecule has 2 fully saturated rings. The Morgan fingerprint density at radius 1 is 1.33 bits per heavy atom. The lowest BCUT2D eigenvalue weighted by Crippen LogP contribution is -2.45. The zero-order chi connectivity index (χ0) is 16.6. The first-order valence-electron chi connectivity index (χ1n) is 8.53. The topological polar surface area (TPSA) is 80.0 Å². The second-order valence-electron chi connectivity index (χ2n) is 7.07. The molecular formula is C18H22N4O2. The molecule has 0 saturated heterocycles. The molecule has 2 aliphatic rings. The third kappa shape index (κ3) is 2.82. The predicted molar refractivity (Wildman–Crippen MR) is 88.0 cm³/mol. The summed E-state index contributed by atoms with van der Waals surface area (Å²) in [4.78, 5) is 21.0. The highest BCUT2D eigenvalue weighted by molar-refractivity contribution is 5.91. The van der Waals surface area contributed by atoms with Gasteiger partial charge in [-0.05, 0) is 43.2 Å². The standard InChI is InChI=1S/C18H22N4O2/c23-16-9-13(11-22-7-6-20-12-22)8-15(16)21-17(24)18(3-4-18)14-2-1-5-19-10-14/h1-2,5-7,10,12-13,15-16,23H,3-4,8-9,11H2,(H,21,24)/t13?,15-,16-/m1/s1. The predicted octanol–water partition coefficient (Wildman–Crippen LogP) is 1.27. The van der Waals surface area contributed by atoms with Crippen LogP contribution in [0.3, 0.4) is 0 Å². The van der Waals surface area contributed by atoms with Gasteiger partial charge in [0.2, 0.25) is 5.91 Å². The van der Waals surface area contributed by atoms with Crippen molar-refractivity contribution in [3.63, 3.8) is 0 Å². The molecule has 1 unspecified atom stereocenters. The molecule has 0 aromatic carbocycles. The fraction of sp³-hybridized carbons (Fsp3) is 0.500. The molecule has 2 aromatic heterocycles.